The number of ether oxygens (including phenoxy) is 1. The second-order valence-corrected chi connectivity index (χ2v) is 3.78. The van der Waals surface area contributed by atoms with Crippen LogP contribution in [0.3, 0.4) is 0 Å². The Balaban J connectivity index is 2.79. The molecule has 0 aliphatic carbocycles. The lowest BCUT2D eigenvalue weighted by molar-refractivity contribution is -0.301. The van der Waals surface area contributed by atoms with Gasteiger partial charge in [-0.05, 0) is 6.92 Å². The highest BCUT2D eigenvalue weighted by Gasteiger charge is 2.13. The van der Waals surface area contributed by atoms with Crippen molar-refractivity contribution in [3.63, 3.8) is 0 Å². The number of anilines is 1. The molecule has 0 aromatic carbocycles. The fourth-order valence-electron chi connectivity index (χ4n) is 0.937. The first kappa shape index (κ1) is 13.2. The van der Waals surface area contributed by atoms with E-state index in [1.807, 2.05) is 0 Å². The van der Waals surface area contributed by atoms with Gasteiger partial charge >= 0.3 is 5.97 Å². The van der Waals surface area contributed by atoms with Crippen LogP contribution >= 0.6 is 11.8 Å². The zero-order valence-electron chi connectivity index (χ0n) is 9.00. The largest absolute Gasteiger partial charge is 0.549 e. The summed E-state index contributed by atoms with van der Waals surface area (Å²) in [6.45, 7) is 1.89. The molecule has 2 N–H and O–H groups in total. The Labute approximate surface area is 101 Å². The fourth-order valence-corrected chi connectivity index (χ4v) is 1.47. The van der Waals surface area contributed by atoms with Gasteiger partial charge in [-0.25, -0.2) is 14.8 Å². The molecule has 8 heteroatoms. The van der Waals surface area contributed by atoms with Crippen LogP contribution in [0.2, 0.25) is 0 Å². The number of hydrogen-bond donors (Lipinski definition) is 1. The molecule has 17 heavy (non-hydrogen) atoms. The molecule has 0 atom stereocenters. The monoisotopic (exact) mass is 256 g/mol. The van der Waals surface area contributed by atoms with E-state index in [9.17, 15) is 14.7 Å². The van der Waals surface area contributed by atoms with Gasteiger partial charge in [-0.15, -0.1) is 0 Å². The van der Waals surface area contributed by atoms with Crippen molar-refractivity contribution in [3.05, 3.63) is 11.8 Å². The van der Waals surface area contributed by atoms with Crippen molar-refractivity contribution in [3.8, 4) is 0 Å². The first-order valence-electron chi connectivity index (χ1n) is 4.67. The minimum Gasteiger partial charge on any atom is -0.549 e. The van der Waals surface area contributed by atoms with Crippen LogP contribution in [-0.2, 0) is 9.53 Å². The number of esters is 1. The van der Waals surface area contributed by atoms with E-state index in [1.165, 1.54) is 6.20 Å². The predicted molar refractivity (Wildman–Crippen MR) is 58.1 cm³/mol. The first-order valence-corrected chi connectivity index (χ1v) is 5.65. The van der Waals surface area contributed by atoms with E-state index in [1.54, 1.807) is 6.92 Å². The summed E-state index contributed by atoms with van der Waals surface area (Å²) in [6.07, 6.45) is 1.21. The van der Waals surface area contributed by atoms with Crippen LogP contribution in [0.1, 0.15) is 17.3 Å². The van der Waals surface area contributed by atoms with Crippen LogP contribution in [0.5, 0.6) is 0 Å². The average Bonchev–Trinajstić information content (AvgIpc) is 2.26. The molecule has 0 aliphatic rings. The SMILES string of the molecule is CCOC(=O)c1cnc(SCC(=O)[O-])nc1N. The van der Waals surface area contributed by atoms with E-state index in [2.05, 4.69) is 9.97 Å². The number of thioether (sulfide) groups is 1. The number of aliphatic carboxylic acids is 1. The molecule has 7 nitrogen and oxygen atoms in total. The number of carboxylic acids is 1. The second-order valence-electron chi connectivity index (χ2n) is 2.83. The molecule has 1 rings (SSSR count). The number of hydrogen-bond acceptors (Lipinski definition) is 8. The van der Waals surface area contributed by atoms with Crippen LogP contribution < -0.4 is 10.8 Å². The van der Waals surface area contributed by atoms with Gasteiger partial charge in [0, 0.05) is 11.9 Å². The number of nitrogens with two attached hydrogens (primary N) is 1. The highest BCUT2D eigenvalue weighted by atomic mass is 32.2. The molecule has 0 spiro atoms. The standard InChI is InChI=1S/C9H11N3O4S/c1-2-16-8(15)5-3-11-9(12-7(5)10)17-4-6(13)14/h3H,2,4H2,1H3,(H,13,14)(H2,10,11,12)/p-1. The van der Waals surface area contributed by atoms with Gasteiger partial charge in [-0.1, -0.05) is 11.8 Å². The summed E-state index contributed by atoms with van der Waals surface area (Å²) in [4.78, 5) is 29.2. The Morgan fingerprint density at radius 2 is 2.29 bits per heavy atom. The number of nitrogen functional groups attached to an aromatic ring is 1. The first-order chi connectivity index (χ1) is 8.04. The normalized spacial score (nSPS) is 9.94. The quantitative estimate of drug-likeness (QED) is 0.408. The van der Waals surface area contributed by atoms with Crippen molar-refractivity contribution < 1.29 is 19.4 Å². The highest BCUT2D eigenvalue weighted by molar-refractivity contribution is 7.99. The lowest BCUT2D eigenvalue weighted by Gasteiger charge is -2.06. The Morgan fingerprint density at radius 3 is 2.82 bits per heavy atom. The van der Waals surface area contributed by atoms with Crippen LogP contribution in [0.4, 0.5) is 5.82 Å². The van der Waals surface area contributed by atoms with Gasteiger partial charge in [0.25, 0.3) is 0 Å². The summed E-state index contributed by atoms with van der Waals surface area (Å²) in [6, 6.07) is 0. The molecule has 0 saturated heterocycles. The summed E-state index contributed by atoms with van der Waals surface area (Å²) in [5.41, 5.74) is 5.59. The summed E-state index contributed by atoms with van der Waals surface area (Å²) in [5, 5.41) is 10.4. The van der Waals surface area contributed by atoms with E-state index >= 15 is 0 Å². The molecule has 0 saturated carbocycles. The Hall–Kier alpha value is -1.83. The highest BCUT2D eigenvalue weighted by Crippen LogP contribution is 2.16. The van der Waals surface area contributed by atoms with E-state index in [4.69, 9.17) is 10.5 Å². The second kappa shape index (κ2) is 6.04. The Morgan fingerprint density at radius 1 is 1.59 bits per heavy atom. The molecule has 0 amide bonds. The zero-order valence-corrected chi connectivity index (χ0v) is 9.82. The molecule has 0 unspecified atom stereocenters. The number of aromatic nitrogens is 2. The third-order valence-corrected chi connectivity index (χ3v) is 2.45. The van der Waals surface area contributed by atoms with Crippen molar-refractivity contribution in [2.45, 2.75) is 12.1 Å². The molecule has 1 aromatic heterocycles. The molecule has 0 aliphatic heterocycles. The molecule has 0 fully saturated rings. The van der Waals surface area contributed by atoms with Crippen molar-refractivity contribution in [1.82, 2.24) is 9.97 Å². The summed E-state index contributed by atoms with van der Waals surface area (Å²) < 4.78 is 4.74. The predicted octanol–water partition coefficient (Wildman–Crippen LogP) is -0.922. The van der Waals surface area contributed by atoms with Crippen LogP contribution in [0.15, 0.2) is 11.4 Å². The van der Waals surface area contributed by atoms with Crippen LogP contribution in [-0.4, -0.2) is 34.3 Å². The topological polar surface area (TPSA) is 118 Å². The van der Waals surface area contributed by atoms with E-state index in [0.717, 1.165) is 11.8 Å². The van der Waals surface area contributed by atoms with Gasteiger partial charge in [0.1, 0.15) is 11.4 Å². The van der Waals surface area contributed by atoms with Gasteiger partial charge in [-0.3, -0.25) is 0 Å². The summed E-state index contributed by atoms with van der Waals surface area (Å²) >= 11 is 0.860. The fraction of sp³-hybridized carbons (Fsp3) is 0.333. The Bertz CT molecular complexity index is 438. The van der Waals surface area contributed by atoms with Crippen LogP contribution in [0.25, 0.3) is 0 Å². The van der Waals surface area contributed by atoms with E-state index in [-0.39, 0.29) is 28.9 Å². The van der Waals surface area contributed by atoms with Crippen molar-refractivity contribution in [1.29, 1.82) is 0 Å². The number of nitrogens with zero attached hydrogens (tertiary/aromatic N) is 2. The van der Waals surface area contributed by atoms with Gasteiger partial charge in [0.15, 0.2) is 5.16 Å². The molecular weight excluding hydrogens is 246 g/mol. The number of carbonyl (C=O) groups is 2. The molecule has 1 aromatic rings. The smallest absolute Gasteiger partial charge is 0.343 e. The van der Waals surface area contributed by atoms with Gasteiger partial charge in [0.05, 0.1) is 12.6 Å². The average molecular weight is 256 g/mol. The maximum atomic E-state index is 11.3. The maximum Gasteiger partial charge on any atom is 0.343 e. The van der Waals surface area contributed by atoms with Gasteiger partial charge < -0.3 is 20.4 Å². The van der Waals surface area contributed by atoms with Crippen LogP contribution in [0, 0.1) is 0 Å². The van der Waals surface area contributed by atoms with Crippen molar-refractivity contribution in [2.24, 2.45) is 0 Å². The molecule has 1 heterocycles. The third-order valence-electron chi connectivity index (χ3n) is 1.61. The molecule has 92 valence electrons. The lowest BCUT2D eigenvalue weighted by Crippen LogP contribution is -2.24. The van der Waals surface area contributed by atoms with Gasteiger partial charge in [0.2, 0.25) is 0 Å². The van der Waals surface area contributed by atoms with E-state index < -0.39 is 11.9 Å². The zero-order chi connectivity index (χ0) is 12.8. The van der Waals surface area contributed by atoms with Gasteiger partial charge in [-0.2, -0.15) is 0 Å². The Kier molecular flexibility index (Phi) is 4.70. The number of rotatable bonds is 5. The van der Waals surface area contributed by atoms with Crippen molar-refractivity contribution >= 4 is 29.5 Å². The summed E-state index contributed by atoms with van der Waals surface area (Å²) in [5.74, 6) is -2.16. The number of carboxylic acid groups (broad SMARTS) is 1. The summed E-state index contributed by atoms with van der Waals surface area (Å²) in [7, 11) is 0. The third kappa shape index (κ3) is 3.91. The number of carbonyl (C=O) groups excluding carboxylic acids is 2. The van der Waals surface area contributed by atoms with E-state index in [0.29, 0.717) is 0 Å². The maximum absolute atomic E-state index is 11.3. The molecular formula is C9H10N3O4S-. The minimum atomic E-state index is -1.23. The minimum absolute atomic E-state index is 0.0423. The molecule has 0 radical (unpaired) electrons. The lowest BCUT2D eigenvalue weighted by atomic mass is 10.3. The molecule has 0 bridgehead atoms. The van der Waals surface area contributed by atoms with Crippen molar-refractivity contribution in [2.75, 3.05) is 18.1 Å².